The average molecular weight is 392 g/mol. The minimum absolute atomic E-state index is 0.220. The van der Waals surface area contributed by atoms with Gasteiger partial charge < -0.3 is 19.4 Å². The highest BCUT2D eigenvalue weighted by Crippen LogP contribution is 2.26. The summed E-state index contributed by atoms with van der Waals surface area (Å²) < 4.78 is 11.1. The molecule has 2 aromatic carbocycles. The Labute approximate surface area is 169 Å². The van der Waals surface area contributed by atoms with Crippen LogP contribution in [0.5, 0.6) is 0 Å². The fraction of sp³-hybridized carbons (Fsp3) is 0.304. The number of hydrogen-bond acceptors (Lipinski definition) is 4. The van der Waals surface area contributed by atoms with Crippen molar-refractivity contribution >= 4 is 22.8 Å². The van der Waals surface area contributed by atoms with Crippen molar-refractivity contribution in [3.63, 3.8) is 0 Å². The van der Waals surface area contributed by atoms with Gasteiger partial charge in [0.25, 0.3) is 5.91 Å². The van der Waals surface area contributed by atoms with E-state index in [1.807, 2.05) is 44.2 Å². The van der Waals surface area contributed by atoms with E-state index in [4.69, 9.17) is 9.47 Å². The van der Waals surface area contributed by atoms with Crippen LogP contribution in [0.2, 0.25) is 0 Å². The minimum Gasteiger partial charge on any atom is -0.444 e. The lowest BCUT2D eigenvalue weighted by molar-refractivity contribution is -0.145. The lowest BCUT2D eigenvalue weighted by Gasteiger charge is -2.30. The Morgan fingerprint density at radius 3 is 2.52 bits per heavy atom. The van der Waals surface area contributed by atoms with E-state index in [9.17, 15) is 9.59 Å². The van der Waals surface area contributed by atoms with E-state index in [-0.39, 0.29) is 5.91 Å². The van der Waals surface area contributed by atoms with E-state index in [0.29, 0.717) is 37.4 Å². The molecule has 1 aromatic heterocycles. The highest BCUT2D eigenvalue weighted by atomic mass is 16.5. The molecular weight excluding hydrogens is 368 g/mol. The molecule has 150 valence electrons. The number of benzene rings is 2. The van der Waals surface area contributed by atoms with Gasteiger partial charge in [0.05, 0.1) is 18.8 Å². The Kier molecular flexibility index (Phi) is 5.36. The van der Waals surface area contributed by atoms with Gasteiger partial charge in [-0.25, -0.2) is 4.79 Å². The van der Waals surface area contributed by atoms with E-state index in [1.165, 1.54) is 0 Å². The molecule has 1 aliphatic heterocycles. The number of nitrogens with zero attached hydrogens (tertiary/aromatic N) is 1. The Morgan fingerprint density at radius 1 is 1.07 bits per heavy atom. The normalized spacial score (nSPS) is 15.3. The predicted octanol–water partition coefficient (Wildman–Crippen LogP) is 3.54. The molecule has 1 atom stereocenters. The Hall–Kier alpha value is -3.12. The average Bonchev–Trinajstić information content (AvgIpc) is 3.05. The molecule has 2 heterocycles. The number of H-pyrrole nitrogens is 1. The molecule has 0 saturated carbocycles. The third-order valence-electron chi connectivity index (χ3n) is 5.42. The molecule has 0 aliphatic carbocycles. The third-order valence-corrected chi connectivity index (χ3v) is 5.42. The highest BCUT2D eigenvalue weighted by molar-refractivity contribution is 5.97. The van der Waals surface area contributed by atoms with Crippen molar-refractivity contribution in [3.05, 3.63) is 70.9 Å². The number of nitrogens with one attached hydrogen (secondary N) is 1. The summed E-state index contributed by atoms with van der Waals surface area (Å²) in [5.74, 6) is -0.733. The molecule has 0 radical (unpaired) electrons. The molecule has 6 nitrogen and oxygen atoms in total. The lowest BCUT2D eigenvalue weighted by Crippen LogP contribution is -2.44. The van der Waals surface area contributed by atoms with Crippen LogP contribution < -0.4 is 0 Å². The number of esters is 1. The van der Waals surface area contributed by atoms with E-state index in [2.05, 4.69) is 4.98 Å². The maximum Gasteiger partial charge on any atom is 0.339 e. The quantitative estimate of drug-likeness (QED) is 0.690. The van der Waals surface area contributed by atoms with Crippen LogP contribution in [-0.4, -0.2) is 48.1 Å². The summed E-state index contributed by atoms with van der Waals surface area (Å²) >= 11 is 0. The SMILES string of the molecule is Cc1[nH]c2ccc(C(=O)OC(C(=O)N3CCOCC3)c3ccccc3)cc2c1C. The number of ether oxygens (including phenoxy) is 2. The number of aryl methyl sites for hydroxylation is 2. The molecule has 4 rings (SSSR count). The molecule has 0 bridgehead atoms. The predicted molar refractivity (Wildman–Crippen MR) is 110 cm³/mol. The topological polar surface area (TPSA) is 71.6 Å². The van der Waals surface area contributed by atoms with Crippen LogP contribution in [0, 0.1) is 13.8 Å². The Morgan fingerprint density at radius 2 is 1.79 bits per heavy atom. The number of carbonyl (C=O) groups excluding carboxylic acids is 2. The van der Waals surface area contributed by atoms with Gasteiger partial charge in [0.15, 0.2) is 0 Å². The Bertz CT molecular complexity index is 1040. The summed E-state index contributed by atoms with van der Waals surface area (Å²) in [5.41, 5.74) is 4.22. The first-order chi connectivity index (χ1) is 14.0. The minimum atomic E-state index is -0.980. The van der Waals surface area contributed by atoms with Crippen LogP contribution in [0.1, 0.15) is 33.3 Å². The molecule has 0 spiro atoms. The van der Waals surface area contributed by atoms with Crippen LogP contribution >= 0.6 is 0 Å². The number of amides is 1. The highest BCUT2D eigenvalue weighted by Gasteiger charge is 2.31. The van der Waals surface area contributed by atoms with Crippen molar-refractivity contribution < 1.29 is 19.1 Å². The van der Waals surface area contributed by atoms with Crippen LogP contribution in [0.4, 0.5) is 0 Å². The zero-order valence-electron chi connectivity index (χ0n) is 16.6. The van der Waals surface area contributed by atoms with Gasteiger partial charge >= 0.3 is 5.97 Å². The number of carbonyl (C=O) groups is 2. The monoisotopic (exact) mass is 392 g/mol. The van der Waals surface area contributed by atoms with Crippen molar-refractivity contribution in [2.24, 2.45) is 0 Å². The van der Waals surface area contributed by atoms with E-state index in [1.54, 1.807) is 23.1 Å². The fourth-order valence-corrected chi connectivity index (χ4v) is 3.60. The molecule has 1 aliphatic rings. The van der Waals surface area contributed by atoms with E-state index < -0.39 is 12.1 Å². The summed E-state index contributed by atoms with van der Waals surface area (Å²) in [6.45, 7) is 5.98. The van der Waals surface area contributed by atoms with Gasteiger partial charge in [0, 0.05) is 35.2 Å². The smallest absolute Gasteiger partial charge is 0.339 e. The molecule has 1 saturated heterocycles. The van der Waals surface area contributed by atoms with Gasteiger partial charge in [-0.1, -0.05) is 30.3 Å². The van der Waals surface area contributed by atoms with Crippen LogP contribution in [-0.2, 0) is 14.3 Å². The largest absolute Gasteiger partial charge is 0.444 e. The van der Waals surface area contributed by atoms with E-state index in [0.717, 1.165) is 22.2 Å². The first kappa shape index (κ1) is 19.2. The molecule has 3 aromatic rings. The molecule has 1 amide bonds. The standard InChI is InChI=1S/C23H24N2O4/c1-15-16(2)24-20-9-8-18(14-19(15)20)23(27)29-21(17-6-4-3-5-7-17)22(26)25-10-12-28-13-11-25/h3-9,14,21,24H,10-13H2,1-2H3. The number of aromatic amines is 1. The maximum absolute atomic E-state index is 13.1. The van der Waals surface area contributed by atoms with Crippen molar-refractivity contribution in [3.8, 4) is 0 Å². The zero-order chi connectivity index (χ0) is 20.4. The van der Waals surface area contributed by atoms with Crippen molar-refractivity contribution in [2.75, 3.05) is 26.3 Å². The molecule has 1 fully saturated rings. The van der Waals surface area contributed by atoms with E-state index >= 15 is 0 Å². The second-order valence-electron chi connectivity index (χ2n) is 7.27. The fourth-order valence-electron chi connectivity index (χ4n) is 3.60. The van der Waals surface area contributed by atoms with Gasteiger partial charge in [-0.2, -0.15) is 0 Å². The third kappa shape index (κ3) is 3.89. The number of fused-ring (bicyclic) bond motifs is 1. The van der Waals surface area contributed by atoms with Gasteiger partial charge in [-0.3, -0.25) is 4.79 Å². The van der Waals surface area contributed by atoms with Crippen LogP contribution in [0.25, 0.3) is 10.9 Å². The lowest BCUT2D eigenvalue weighted by atomic mass is 10.1. The number of morpholine rings is 1. The first-order valence-electron chi connectivity index (χ1n) is 9.76. The zero-order valence-corrected chi connectivity index (χ0v) is 16.6. The summed E-state index contributed by atoms with van der Waals surface area (Å²) in [7, 11) is 0. The Balaban J connectivity index is 1.62. The van der Waals surface area contributed by atoms with Crippen molar-refractivity contribution in [1.82, 2.24) is 9.88 Å². The second-order valence-corrected chi connectivity index (χ2v) is 7.27. The summed E-state index contributed by atoms with van der Waals surface area (Å²) in [5, 5.41) is 0.979. The van der Waals surface area contributed by atoms with Gasteiger partial charge in [-0.05, 0) is 37.6 Å². The molecule has 29 heavy (non-hydrogen) atoms. The van der Waals surface area contributed by atoms with Gasteiger partial charge in [-0.15, -0.1) is 0 Å². The van der Waals surface area contributed by atoms with Crippen LogP contribution in [0.3, 0.4) is 0 Å². The number of aromatic nitrogens is 1. The molecular formula is C23H24N2O4. The first-order valence-corrected chi connectivity index (χ1v) is 9.76. The summed E-state index contributed by atoms with van der Waals surface area (Å²) in [4.78, 5) is 31.1. The molecule has 6 heteroatoms. The second kappa shape index (κ2) is 8.09. The summed E-state index contributed by atoms with van der Waals surface area (Å²) in [6.07, 6.45) is -0.980. The van der Waals surface area contributed by atoms with Crippen molar-refractivity contribution in [2.45, 2.75) is 20.0 Å². The molecule has 1 N–H and O–H groups in total. The van der Waals surface area contributed by atoms with Gasteiger partial charge in [0.1, 0.15) is 0 Å². The molecule has 1 unspecified atom stereocenters. The summed E-state index contributed by atoms with van der Waals surface area (Å²) in [6, 6.07) is 14.6. The van der Waals surface area contributed by atoms with Crippen molar-refractivity contribution in [1.29, 1.82) is 0 Å². The number of rotatable bonds is 4. The van der Waals surface area contributed by atoms with Crippen LogP contribution in [0.15, 0.2) is 48.5 Å². The maximum atomic E-state index is 13.1. The van der Waals surface area contributed by atoms with Gasteiger partial charge in [0.2, 0.25) is 6.10 Å². The number of hydrogen-bond donors (Lipinski definition) is 1.